The Bertz CT molecular complexity index is 697. The molecule has 0 aromatic heterocycles. The molecule has 3 aliphatic rings. The number of carbonyl (C=O) groups is 2. The number of hydrogen-bond donors (Lipinski definition) is 2. The first-order chi connectivity index (χ1) is 12.6. The standard InChI is InChI=1S/C20H28N4O2/c1-2-23-12-6-5-9-17(23)18(25)24-13-10-20(11-14-24)19(26)21-15-7-3-4-8-16(15)22-20/h3-4,7-8,17,22H,2,5-6,9-14H2,1H3,(H,21,26)/t17-/m0/s1. The third-order valence-corrected chi connectivity index (χ3v) is 6.22. The predicted octanol–water partition coefficient (Wildman–Crippen LogP) is 2.29. The molecule has 0 aliphatic carbocycles. The highest BCUT2D eigenvalue weighted by molar-refractivity contribution is 6.06. The molecule has 0 bridgehead atoms. The zero-order valence-electron chi connectivity index (χ0n) is 15.5. The Balaban J connectivity index is 1.44. The number of hydrogen-bond acceptors (Lipinski definition) is 4. The molecule has 3 heterocycles. The maximum absolute atomic E-state index is 13.0. The summed E-state index contributed by atoms with van der Waals surface area (Å²) < 4.78 is 0. The number of benzene rings is 1. The summed E-state index contributed by atoms with van der Waals surface area (Å²) in [4.78, 5) is 30.0. The molecule has 1 aromatic carbocycles. The van der Waals surface area contributed by atoms with Gasteiger partial charge in [0.25, 0.3) is 0 Å². The number of fused-ring (bicyclic) bond motifs is 1. The van der Waals surface area contributed by atoms with Gasteiger partial charge in [0.1, 0.15) is 5.54 Å². The van der Waals surface area contributed by atoms with E-state index in [4.69, 9.17) is 0 Å². The second kappa shape index (κ2) is 6.91. The number of carbonyl (C=O) groups excluding carboxylic acids is 2. The Hall–Kier alpha value is -2.08. The first kappa shape index (κ1) is 17.3. The summed E-state index contributed by atoms with van der Waals surface area (Å²) in [6.07, 6.45) is 4.57. The monoisotopic (exact) mass is 356 g/mol. The average Bonchev–Trinajstić information content (AvgIpc) is 2.69. The number of anilines is 2. The number of likely N-dealkylation sites (tertiary alicyclic amines) is 2. The zero-order chi connectivity index (χ0) is 18.1. The fourth-order valence-corrected chi connectivity index (χ4v) is 4.58. The van der Waals surface area contributed by atoms with Gasteiger partial charge in [0.15, 0.2) is 0 Å². The molecule has 4 rings (SSSR count). The number of likely N-dealkylation sites (N-methyl/N-ethyl adjacent to an activating group) is 1. The minimum atomic E-state index is -0.595. The van der Waals surface area contributed by atoms with Crippen LogP contribution in [0.4, 0.5) is 11.4 Å². The Labute approximate surface area is 154 Å². The Morgan fingerprint density at radius 2 is 1.88 bits per heavy atom. The van der Waals surface area contributed by atoms with Gasteiger partial charge in [0, 0.05) is 13.1 Å². The predicted molar refractivity (Wildman–Crippen MR) is 102 cm³/mol. The largest absolute Gasteiger partial charge is 0.369 e. The molecule has 2 amide bonds. The van der Waals surface area contributed by atoms with Crippen LogP contribution in [0, 0.1) is 0 Å². The van der Waals surface area contributed by atoms with Crippen molar-refractivity contribution in [1.29, 1.82) is 0 Å². The summed E-state index contributed by atoms with van der Waals surface area (Å²) in [6.45, 7) is 5.34. The molecule has 6 heteroatoms. The van der Waals surface area contributed by atoms with E-state index in [-0.39, 0.29) is 17.9 Å². The van der Waals surface area contributed by atoms with Gasteiger partial charge in [-0.25, -0.2) is 0 Å². The maximum Gasteiger partial charge on any atom is 0.250 e. The highest BCUT2D eigenvalue weighted by atomic mass is 16.2. The molecule has 0 saturated carbocycles. The summed E-state index contributed by atoms with van der Waals surface area (Å²) in [5, 5.41) is 6.49. The highest BCUT2D eigenvalue weighted by Crippen LogP contribution is 2.36. The SMILES string of the molecule is CCN1CCCC[C@H]1C(=O)N1CCC2(CC1)Nc1ccccc1NC2=O. The van der Waals surface area contributed by atoms with Crippen molar-refractivity contribution in [2.24, 2.45) is 0 Å². The van der Waals surface area contributed by atoms with Gasteiger partial charge in [-0.15, -0.1) is 0 Å². The smallest absolute Gasteiger partial charge is 0.250 e. The quantitative estimate of drug-likeness (QED) is 0.853. The van der Waals surface area contributed by atoms with Crippen molar-refractivity contribution >= 4 is 23.2 Å². The van der Waals surface area contributed by atoms with Crippen molar-refractivity contribution in [1.82, 2.24) is 9.80 Å². The van der Waals surface area contributed by atoms with Crippen molar-refractivity contribution in [3.05, 3.63) is 24.3 Å². The van der Waals surface area contributed by atoms with Gasteiger partial charge in [-0.05, 0) is 50.9 Å². The topological polar surface area (TPSA) is 64.7 Å². The molecular weight excluding hydrogens is 328 g/mol. The Morgan fingerprint density at radius 3 is 2.62 bits per heavy atom. The molecule has 1 aromatic rings. The summed E-state index contributed by atoms with van der Waals surface area (Å²) in [6, 6.07) is 7.82. The van der Waals surface area contributed by atoms with Crippen LogP contribution in [0.25, 0.3) is 0 Å². The Morgan fingerprint density at radius 1 is 1.15 bits per heavy atom. The molecule has 140 valence electrons. The van der Waals surface area contributed by atoms with Gasteiger partial charge in [-0.3, -0.25) is 14.5 Å². The minimum absolute atomic E-state index is 0.0242. The Kier molecular flexibility index (Phi) is 4.61. The number of piperidine rings is 2. The van der Waals surface area contributed by atoms with Crippen LogP contribution in [0.2, 0.25) is 0 Å². The van der Waals surface area contributed by atoms with E-state index in [9.17, 15) is 9.59 Å². The second-order valence-electron chi connectivity index (χ2n) is 7.67. The van der Waals surface area contributed by atoms with Crippen LogP contribution in [0.15, 0.2) is 24.3 Å². The summed E-state index contributed by atoms with van der Waals surface area (Å²) in [7, 11) is 0. The molecule has 2 N–H and O–H groups in total. The van der Waals surface area contributed by atoms with E-state index in [2.05, 4.69) is 22.5 Å². The lowest BCUT2D eigenvalue weighted by Crippen LogP contribution is -2.61. The first-order valence-corrected chi connectivity index (χ1v) is 9.84. The molecule has 3 aliphatic heterocycles. The van der Waals surface area contributed by atoms with Gasteiger partial charge in [-0.1, -0.05) is 25.5 Å². The van der Waals surface area contributed by atoms with E-state index >= 15 is 0 Å². The van der Waals surface area contributed by atoms with Gasteiger partial charge in [0.05, 0.1) is 17.4 Å². The van der Waals surface area contributed by atoms with Gasteiger partial charge < -0.3 is 15.5 Å². The van der Waals surface area contributed by atoms with Crippen LogP contribution in [-0.4, -0.2) is 59.4 Å². The molecular formula is C20H28N4O2. The van der Waals surface area contributed by atoms with Crippen LogP contribution in [0.1, 0.15) is 39.0 Å². The van der Waals surface area contributed by atoms with E-state index in [0.29, 0.717) is 25.9 Å². The third-order valence-electron chi connectivity index (χ3n) is 6.22. The van der Waals surface area contributed by atoms with Gasteiger partial charge in [-0.2, -0.15) is 0 Å². The lowest BCUT2D eigenvalue weighted by Gasteiger charge is -2.46. The summed E-state index contributed by atoms with van der Waals surface area (Å²) >= 11 is 0. The molecule has 0 unspecified atom stereocenters. The van der Waals surface area contributed by atoms with Crippen LogP contribution < -0.4 is 10.6 Å². The highest BCUT2D eigenvalue weighted by Gasteiger charge is 2.45. The van der Waals surface area contributed by atoms with Crippen LogP contribution >= 0.6 is 0 Å². The van der Waals surface area contributed by atoms with E-state index in [0.717, 1.165) is 37.3 Å². The number of para-hydroxylation sites is 2. The lowest BCUT2D eigenvalue weighted by molar-refractivity contribution is -0.141. The van der Waals surface area contributed by atoms with E-state index in [1.165, 1.54) is 6.42 Å². The van der Waals surface area contributed by atoms with Crippen LogP contribution in [0.5, 0.6) is 0 Å². The molecule has 1 spiro atoms. The van der Waals surface area contributed by atoms with Gasteiger partial charge >= 0.3 is 0 Å². The van der Waals surface area contributed by atoms with Crippen molar-refractivity contribution in [2.75, 3.05) is 36.8 Å². The zero-order valence-corrected chi connectivity index (χ0v) is 15.5. The fourth-order valence-electron chi connectivity index (χ4n) is 4.58. The maximum atomic E-state index is 13.0. The van der Waals surface area contributed by atoms with Gasteiger partial charge in [0.2, 0.25) is 11.8 Å². The first-order valence-electron chi connectivity index (χ1n) is 9.84. The summed E-state index contributed by atoms with van der Waals surface area (Å²) in [5.74, 6) is 0.272. The van der Waals surface area contributed by atoms with Crippen molar-refractivity contribution in [3.8, 4) is 0 Å². The van der Waals surface area contributed by atoms with Crippen LogP contribution in [-0.2, 0) is 9.59 Å². The summed E-state index contributed by atoms with van der Waals surface area (Å²) in [5.41, 5.74) is 1.21. The molecule has 2 saturated heterocycles. The third kappa shape index (κ3) is 2.96. The minimum Gasteiger partial charge on any atom is -0.369 e. The average molecular weight is 356 g/mol. The number of amides is 2. The molecule has 1 atom stereocenters. The van der Waals surface area contributed by atoms with E-state index in [1.54, 1.807) is 0 Å². The van der Waals surface area contributed by atoms with E-state index < -0.39 is 5.54 Å². The lowest BCUT2D eigenvalue weighted by atomic mass is 9.84. The van der Waals surface area contributed by atoms with E-state index in [1.807, 2.05) is 29.2 Å². The molecule has 6 nitrogen and oxygen atoms in total. The number of nitrogens with one attached hydrogen (secondary N) is 2. The number of rotatable bonds is 2. The second-order valence-corrected chi connectivity index (χ2v) is 7.67. The normalized spacial score (nSPS) is 25.3. The van der Waals surface area contributed by atoms with Crippen molar-refractivity contribution in [3.63, 3.8) is 0 Å². The molecule has 0 radical (unpaired) electrons. The molecule has 26 heavy (non-hydrogen) atoms. The van der Waals surface area contributed by atoms with Crippen molar-refractivity contribution in [2.45, 2.75) is 50.6 Å². The van der Waals surface area contributed by atoms with Crippen molar-refractivity contribution < 1.29 is 9.59 Å². The van der Waals surface area contributed by atoms with Crippen LogP contribution in [0.3, 0.4) is 0 Å². The fraction of sp³-hybridized carbons (Fsp3) is 0.600. The molecule has 2 fully saturated rings. The number of nitrogens with zero attached hydrogens (tertiary/aromatic N) is 2.